The van der Waals surface area contributed by atoms with Gasteiger partial charge in [-0.05, 0) is 31.0 Å². The van der Waals surface area contributed by atoms with Crippen LogP contribution in [0.3, 0.4) is 0 Å². The molecule has 0 radical (unpaired) electrons. The van der Waals surface area contributed by atoms with Crippen LogP contribution in [0.5, 0.6) is 17.2 Å². The Balaban J connectivity index is 2.26. The minimum Gasteiger partial charge on any atom is -0.490 e. The van der Waals surface area contributed by atoms with Crippen molar-refractivity contribution in [3.05, 3.63) is 54.1 Å². The third-order valence-corrected chi connectivity index (χ3v) is 3.20. The highest BCUT2D eigenvalue weighted by Crippen LogP contribution is 2.35. The van der Waals surface area contributed by atoms with Crippen LogP contribution in [0.4, 0.5) is 0 Å². The standard InChI is InChI=1S/C18H22O3/c1-3-13-20-17-11-7-8-12-18(17)21-16-10-6-5-9-14(16)15(19)4-2/h5-12,15,19H,3-4,13H2,1-2H3/t15-/m1/s1. The average Bonchev–Trinajstić information content (AvgIpc) is 2.54. The first-order valence-corrected chi connectivity index (χ1v) is 7.43. The monoisotopic (exact) mass is 286 g/mol. The molecule has 1 atom stereocenters. The zero-order chi connectivity index (χ0) is 15.1. The molecule has 1 N–H and O–H groups in total. The summed E-state index contributed by atoms with van der Waals surface area (Å²) < 4.78 is 11.7. The van der Waals surface area contributed by atoms with E-state index < -0.39 is 6.10 Å². The normalized spacial score (nSPS) is 12.0. The Morgan fingerprint density at radius 1 is 0.905 bits per heavy atom. The van der Waals surface area contributed by atoms with E-state index in [-0.39, 0.29) is 0 Å². The van der Waals surface area contributed by atoms with Crippen molar-refractivity contribution in [1.29, 1.82) is 0 Å². The van der Waals surface area contributed by atoms with Gasteiger partial charge < -0.3 is 14.6 Å². The third kappa shape index (κ3) is 3.99. The maximum atomic E-state index is 10.1. The zero-order valence-corrected chi connectivity index (χ0v) is 12.6. The van der Waals surface area contributed by atoms with Crippen LogP contribution >= 0.6 is 0 Å². The Hall–Kier alpha value is -2.00. The Labute approximate surface area is 126 Å². The molecule has 0 bridgehead atoms. The first kappa shape index (κ1) is 15.4. The molecule has 0 saturated carbocycles. The Kier molecular flexibility index (Phi) is 5.64. The van der Waals surface area contributed by atoms with Crippen LogP contribution in [0, 0.1) is 0 Å². The van der Waals surface area contributed by atoms with Crippen molar-refractivity contribution in [3.63, 3.8) is 0 Å². The number of hydrogen-bond acceptors (Lipinski definition) is 3. The van der Waals surface area contributed by atoms with Gasteiger partial charge in [0.25, 0.3) is 0 Å². The van der Waals surface area contributed by atoms with Crippen molar-refractivity contribution < 1.29 is 14.6 Å². The summed E-state index contributed by atoms with van der Waals surface area (Å²) in [6, 6.07) is 15.2. The van der Waals surface area contributed by atoms with Crippen molar-refractivity contribution >= 4 is 0 Å². The van der Waals surface area contributed by atoms with Gasteiger partial charge in [0, 0.05) is 5.56 Å². The lowest BCUT2D eigenvalue weighted by Crippen LogP contribution is -2.00. The van der Waals surface area contributed by atoms with Crippen LogP contribution in [0.1, 0.15) is 38.4 Å². The zero-order valence-electron chi connectivity index (χ0n) is 12.6. The van der Waals surface area contributed by atoms with Gasteiger partial charge in [0.2, 0.25) is 0 Å². The molecule has 0 aliphatic rings. The number of benzene rings is 2. The van der Waals surface area contributed by atoms with E-state index in [1.165, 1.54) is 0 Å². The predicted molar refractivity (Wildman–Crippen MR) is 84.0 cm³/mol. The molecule has 0 saturated heterocycles. The van der Waals surface area contributed by atoms with Crippen molar-refractivity contribution in [1.82, 2.24) is 0 Å². The predicted octanol–water partition coefficient (Wildman–Crippen LogP) is 4.71. The van der Waals surface area contributed by atoms with Crippen LogP contribution in [0.25, 0.3) is 0 Å². The molecule has 0 fully saturated rings. The summed E-state index contributed by atoms with van der Waals surface area (Å²) >= 11 is 0. The Morgan fingerprint density at radius 3 is 2.19 bits per heavy atom. The topological polar surface area (TPSA) is 38.7 Å². The van der Waals surface area contributed by atoms with Crippen LogP contribution in [-0.2, 0) is 0 Å². The fraction of sp³-hybridized carbons (Fsp3) is 0.333. The van der Waals surface area contributed by atoms with Gasteiger partial charge in [0.1, 0.15) is 5.75 Å². The molecule has 2 aromatic carbocycles. The number of aliphatic hydroxyl groups excluding tert-OH is 1. The number of ether oxygens (including phenoxy) is 2. The molecule has 0 aromatic heterocycles. The molecule has 21 heavy (non-hydrogen) atoms. The lowest BCUT2D eigenvalue weighted by Gasteiger charge is -2.16. The summed E-state index contributed by atoms with van der Waals surface area (Å²) in [4.78, 5) is 0. The molecule has 0 amide bonds. The molecule has 2 rings (SSSR count). The van der Waals surface area contributed by atoms with E-state index >= 15 is 0 Å². The SMILES string of the molecule is CCCOc1ccccc1Oc1ccccc1[C@H](O)CC. The Bertz CT molecular complexity index is 566. The fourth-order valence-electron chi connectivity index (χ4n) is 2.05. The van der Waals surface area contributed by atoms with Gasteiger partial charge in [-0.2, -0.15) is 0 Å². The van der Waals surface area contributed by atoms with Crippen molar-refractivity contribution in [2.45, 2.75) is 32.8 Å². The van der Waals surface area contributed by atoms with E-state index in [2.05, 4.69) is 6.92 Å². The highest BCUT2D eigenvalue weighted by atomic mass is 16.5. The summed E-state index contributed by atoms with van der Waals surface area (Å²) in [5.74, 6) is 2.06. The number of hydrogen-bond donors (Lipinski definition) is 1. The highest BCUT2D eigenvalue weighted by Gasteiger charge is 2.13. The first-order chi connectivity index (χ1) is 10.3. The first-order valence-electron chi connectivity index (χ1n) is 7.43. The molecule has 112 valence electrons. The molecule has 2 aromatic rings. The minimum absolute atomic E-state index is 0.523. The summed E-state index contributed by atoms with van der Waals surface area (Å²) in [6.07, 6.45) is 1.07. The Morgan fingerprint density at radius 2 is 1.52 bits per heavy atom. The van der Waals surface area contributed by atoms with Crippen LogP contribution in [0.2, 0.25) is 0 Å². The van der Waals surface area contributed by atoms with Gasteiger partial charge in [-0.1, -0.05) is 44.2 Å². The fourth-order valence-corrected chi connectivity index (χ4v) is 2.05. The molecule has 0 heterocycles. The number of aliphatic hydroxyl groups is 1. The van der Waals surface area contributed by atoms with Crippen LogP contribution < -0.4 is 9.47 Å². The lowest BCUT2D eigenvalue weighted by molar-refractivity contribution is 0.170. The van der Waals surface area contributed by atoms with Crippen molar-refractivity contribution in [2.24, 2.45) is 0 Å². The average molecular weight is 286 g/mol. The van der Waals surface area contributed by atoms with E-state index in [0.717, 1.165) is 17.7 Å². The van der Waals surface area contributed by atoms with Crippen LogP contribution in [-0.4, -0.2) is 11.7 Å². The molecule has 3 heteroatoms. The molecule has 3 nitrogen and oxygen atoms in total. The van der Waals surface area contributed by atoms with E-state index in [4.69, 9.17) is 9.47 Å². The summed E-state index contributed by atoms with van der Waals surface area (Å²) in [5, 5.41) is 10.1. The molecule has 0 unspecified atom stereocenters. The second kappa shape index (κ2) is 7.70. The second-order valence-electron chi connectivity index (χ2n) is 4.86. The van der Waals surface area contributed by atoms with E-state index in [9.17, 15) is 5.11 Å². The van der Waals surface area contributed by atoms with E-state index in [0.29, 0.717) is 24.5 Å². The maximum Gasteiger partial charge on any atom is 0.169 e. The van der Waals surface area contributed by atoms with E-state index in [1.54, 1.807) is 0 Å². The molecular weight excluding hydrogens is 264 g/mol. The molecule has 0 aliphatic carbocycles. The minimum atomic E-state index is -0.523. The number of para-hydroxylation sites is 3. The van der Waals surface area contributed by atoms with Gasteiger partial charge in [-0.3, -0.25) is 0 Å². The van der Waals surface area contributed by atoms with Gasteiger partial charge in [0.15, 0.2) is 11.5 Å². The van der Waals surface area contributed by atoms with Crippen molar-refractivity contribution in [2.75, 3.05) is 6.61 Å². The molecular formula is C18H22O3. The van der Waals surface area contributed by atoms with Gasteiger partial charge >= 0.3 is 0 Å². The smallest absolute Gasteiger partial charge is 0.169 e. The quantitative estimate of drug-likeness (QED) is 0.801. The largest absolute Gasteiger partial charge is 0.490 e. The van der Waals surface area contributed by atoms with Gasteiger partial charge in [0.05, 0.1) is 12.7 Å². The highest BCUT2D eigenvalue weighted by molar-refractivity contribution is 5.45. The summed E-state index contributed by atoms with van der Waals surface area (Å²) in [7, 11) is 0. The summed E-state index contributed by atoms with van der Waals surface area (Å²) in [6.45, 7) is 4.66. The van der Waals surface area contributed by atoms with Gasteiger partial charge in [-0.25, -0.2) is 0 Å². The van der Waals surface area contributed by atoms with Crippen LogP contribution in [0.15, 0.2) is 48.5 Å². The third-order valence-electron chi connectivity index (χ3n) is 3.20. The maximum absolute atomic E-state index is 10.1. The second-order valence-corrected chi connectivity index (χ2v) is 4.86. The summed E-state index contributed by atoms with van der Waals surface area (Å²) in [5.41, 5.74) is 0.797. The lowest BCUT2D eigenvalue weighted by atomic mass is 10.1. The van der Waals surface area contributed by atoms with Gasteiger partial charge in [-0.15, -0.1) is 0 Å². The molecule has 0 spiro atoms. The number of rotatable bonds is 7. The molecule has 0 aliphatic heterocycles. The van der Waals surface area contributed by atoms with Crippen molar-refractivity contribution in [3.8, 4) is 17.2 Å². The van der Waals surface area contributed by atoms with E-state index in [1.807, 2.05) is 55.5 Å².